The highest BCUT2D eigenvalue weighted by Crippen LogP contribution is 2.25. The van der Waals surface area contributed by atoms with Gasteiger partial charge in [-0.15, -0.1) is 0 Å². The van der Waals surface area contributed by atoms with E-state index in [4.69, 9.17) is 23.2 Å². The number of carbonyl (C=O) groups excluding carboxylic acids is 2. The van der Waals surface area contributed by atoms with Gasteiger partial charge in [-0.1, -0.05) is 60.5 Å². The second-order valence-electron chi connectivity index (χ2n) is 8.95. The minimum Gasteiger partial charge on any atom is -0.352 e. The Bertz CT molecular complexity index is 1350. The van der Waals surface area contributed by atoms with Crippen molar-refractivity contribution >= 4 is 50.7 Å². The van der Waals surface area contributed by atoms with Crippen LogP contribution in [0.4, 0.5) is 5.69 Å². The van der Waals surface area contributed by atoms with Gasteiger partial charge in [0.15, 0.2) is 0 Å². The third-order valence-corrected chi connectivity index (χ3v) is 8.41. The Morgan fingerprint density at radius 3 is 2.16 bits per heavy atom. The van der Waals surface area contributed by atoms with Gasteiger partial charge in [-0.25, -0.2) is 8.42 Å². The Labute approximate surface area is 234 Å². The fourth-order valence-electron chi connectivity index (χ4n) is 3.74. The van der Waals surface area contributed by atoms with Crippen LogP contribution in [-0.2, 0) is 26.2 Å². The van der Waals surface area contributed by atoms with E-state index >= 15 is 0 Å². The molecule has 3 rings (SSSR count). The van der Waals surface area contributed by atoms with Crippen LogP contribution < -0.4 is 9.62 Å². The van der Waals surface area contributed by atoms with Gasteiger partial charge in [-0.05, 0) is 74.4 Å². The predicted octanol–water partition coefficient (Wildman–Crippen LogP) is 5.52. The maximum absolute atomic E-state index is 13.8. The number of halogens is 2. The highest BCUT2D eigenvalue weighted by atomic mass is 35.5. The molecule has 7 nitrogen and oxygen atoms in total. The standard InChI is InChI=1S/C28H31Cl2N3O4S/c1-4-20(2)31-28(35)21(3)32(18-22-9-8-10-24(30)17-22)27(34)19-33(25-11-6-5-7-12-25)38(36,37)26-15-13-23(29)14-16-26/h5-17,20-21H,4,18-19H2,1-3H3,(H,31,35)/t20-,21+/m1/s1. The van der Waals surface area contributed by atoms with Gasteiger partial charge in [0, 0.05) is 22.6 Å². The average Bonchev–Trinajstić information content (AvgIpc) is 2.90. The molecule has 202 valence electrons. The van der Waals surface area contributed by atoms with E-state index in [1.54, 1.807) is 61.5 Å². The molecule has 0 radical (unpaired) electrons. The van der Waals surface area contributed by atoms with E-state index in [-0.39, 0.29) is 23.4 Å². The van der Waals surface area contributed by atoms with Crippen LogP contribution in [0, 0.1) is 0 Å². The summed E-state index contributed by atoms with van der Waals surface area (Å²) >= 11 is 12.1. The van der Waals surface area contributed by atoms with Crippen LogP contribution >= 0.6 is 23.2 Å². The molecule has 2 atom stereocenters. The van der Waals surface area contributed by atoms with Crippen LogP contribution in [0.1, 0.15) is 32.8 Å². The zero-order chi connectivity index (χ0) is 27.9. The smallest absolute Gasteiger partial charge is 0.264 e. The quantitative estimate of drug-likeness (QED) is 0.326. The number of nitrogens with one attached hydrogen (secondary N) is 1. The monoisotopic (exact) mass is 575 g/mol. The molecule has 2 amide bonds. The van der Waals surface area contributed by atoms with Crippen LogP contribution in [0.3, 0.4) is 0 Å². The van der Waals surface area contributed by atoms with Crippen molar-refractivity contribution in [3.8, 4) is 0 Å². The van der Waals surface area contributed by atoms with E-state index in [0.717, 1.165) is 10.7 Å². The Balaban J connectivity index is 2.00. The zero-order valence-corrected chi connectivity index (χ0v) is 23.8. The number of para-hydroxylation sites is 1. The minimum atomic E-state index is -4.14. The largest absolute Gasteiger partial charge is 0.352 e. The van der Waals surface area contributed by atoms with Crippen molar-refractivity contribution in [3.05, 3.63) is 94.5 Å². The molecule has 10 heteroatoms. The van der Waals surface area contributed by atoms with Crippen molar-refractivity contribution in [1.82, 2.24) is 10.2 Å². The molecule has 0 fully saturated rings. The van der Waals surface area contributed by atoms with Crippen molar-refractivity contribution < 1.29 is 18.0 Å². The van der Waals surface area contributed by atoms with Gasteiger partial charge >= 0.3 is 0 Å². The second-order valence-corrected chi connectivity index (χ2v) is 11.7. The summed E-state index contributed by atoms with van der Waals surface area (Å²) in [6, 6.07) is 20.1. The van der Waals surface area contributed by atoms with E-state index < -0.39 is 28.5 Å². The number of nitrogens with zero attached hydrogens (tertiary/aromatic N) is 2. The average molecular weight is 577 g/mol. The van der Waals surface area contributed by atoms with Gasteiger partial charge in [0.1, 0.15) is 12.6 Å². The number of hydrogen-bond acceptors (Lipinski definition) is 4. The molecule has 0 saturated carbocycles. The third kappa shape index (κ3) is 7.49. The van der Waals surface area contributed by atoms with Gasteiger partial charge in [0.05, 0.1) is 10.6 Å². The normalized spacial score (nSPS) is 12.9. The zero-order valence-electron chi connectivity index (χ0n) is 21.5. The lowest BCUT2D eigenvalue weighted by Crippen LogP contribution is -2.52. The number of benzene rings is 3. The van der Waals surface area contributed by atoms with E-state index in [2.05, 4.69) is 5.32 Å². The van der Waals surface area contributed by atoms with Crippen LogP contribution in [0.5, 0.6) is 0 Å². The number of rotatable bonds is 11. The Morgan fingerprint density at radius 2 is 1.55 bits per heavy atom. The predicted molar refractivity (Wildman–Crippen MR) is 152 cm³/mol. The second kappa shape index (κ2) is 13.1. The van der Waals surface area contributed by atoms with Crippen molar-refractivity contribution in [3.63, 3.8) is 0 Å². The summed E-state index contributed by atoms with van der Waals surface area (Å²) in [5.74, 6) is -0.875. The lowest BCUT2D eigenvalue weighted by atomic mass is 10.1. The fourth-order valence-corrected chi connectivity index (χ4v) is 5.49. The molecular weight excluding hydrogens is 545 g/mol. The van der Waals surface area contributed by atoms with Crippen molar-refractivity contribution in [1.29, 1.82) is 0 Å². The van der Waals surface area contributed by atoms with Crippen LogP contribution in [0.2, 0.25) is 10.0 Å². The van der Waals surface area contributed by atoms with Crippen LogP contribution in [0.15, 0.2) is 83.8 Å². The molecule has 3 aromatic rings. The first-order chi connectivity index (χ1) is 18.0. The maximum Gasteiger partial charge on any atom is 0.264 e. The molecule has 0 aliphatic rings. The number of hydrogen-bond donors (Lipinski definition) is 1. The SMILES string of the molecule is CC[C@@H](C)NC(=O)[C@H](C)N(Cc1cccc(Cl)c1)C(=O)CN(c1ccccc1)S(=O)(=O)c1ccc(Cl)cc1. The molecule has 0 aliphatic heterocycles. The first-order valence-corrected chi connectivity index (χ1v) is 14.4. The molecule has 0 aliphatic carbocycles. The highest BCUT2D eigenvalue weighted by Gasteiger charge is 2.32. The Morgan fingerprint density at radius 1 is 0.895 bits per heavy atom. The summed E-state index contributed by atoms with van der Waals surface area (Å²) in [5, 5.41) is 3.78. The third-order valence-electron chi connectivity index (χ3n) is 6.13. The fraction of sp³-hybridized carbons (Fsp3) is 0.286. The first-order valence-electron chi connectivity index (χ1n) is 12.2. The number of carbonyl (C=O) groups is 2. The molecule has 3 aromatic carbocycles. The molecule has 0 bridgehead atoms. The van der Waals surface area contributed by atoms with E-state index in [0.29, 0.717) is 21.3 Å². The minimum absolute atomic E-state index is 0.0116. The van der Waals surface area contributed by atoms with E-state index in [1.165, 1.54) is 29.2 Å². The molecule has 0 spiro atoms. The number of anilines is 1. The summed E-state index contributed by atoms with van der Waals surface area (Å²) in [6.07, 6.45) is 0.724. The summed E-state index contributed by atoms with van der Waals surface area (Å²) in [6.45, 7) is 5.00. The summed E-state index contributed by atoms with van der Waals surface area (Å²) in [7, 11) is -4.14. The summed E-state index contributed by atoms with van der Waals surface area (Å²) < 4.78 is 28.5. The summed E-state index contributed by atoms with van der Waals surface area (Å²) in [5.41, 5.74) is 1.02. The van der Waals surface area contributed by atoms with E-state index in [1.807, 2.05) is 13.8 Å². The number of amides is 2. The Kier molecular flexibility index (Phi) is 10.2. The van der Waals surface area contributed by atoms with Gasteiger partial charge in [0.25, 0.3) is 10.0 Å². The molecule has 1 N–H and O–H groups in total. The highest BCUT2D eigenvalue weighted by molar-refractivity contribution is 7.92. The van der Waals surface area contributed by atoms with Gasteiger partial charge in [-0.2, -0.15) is 0 Å². The summed E-state index contributed by atoms with van der Waals surface area (Å²) in [4.78, 5) is 28.2. The van der Waals surface area contributed by atoms with Crippen molar-refractivity contribution in [2.24, 2.45) is 0 Å². The van der Waals surface area contributed by atoms with E-state index in [9.17, 15) is 18.0 Å². The lowest BCUT2D eigenvalue weighted by molar-refractivity contribution is -0.139. The topological polar surface area (TPSA) is 86.8 Å². The van der Waals surface area contributed by atoms with Crippen molar-refractivity contribution in [2.75, 3.05) is 10.8 Å². The maximum atomic E-state index is 13.8. The molecule has 0 unspecified atom stereocenters. The van der Waals surface area contributed by atoms with Gasteiger partial charge < -0.3 is 10.2 Å². The van der Waals surface area contributed by atoms with Gasteiger partial charge in [0.2, 0.25) is 11.8 Å². The molecule has 38 heavy (non-hydrogen) atoms. The molecule has 0 heterocycles. The van der Waals surface area contributed by atoms with Crippen molar-refractivity contribution in [2.45, 2.75) is 50.7 Å². The first kappa shape index (κ1) is 29.5. The molecule has 0 aromatic heterocycles. The lowest BCUT2D eigenvalue weighted by Gasteiger charge is -2.32. The molecule has 0 saturated heterocycles. The number of sulfonamides is 1. The Hall–Kier alpha value is -3.07. The van der Waals surface area contributed by atoms with Crippen LogP contribution in [-0.4, -0.2) is 43.8 Å². The van der Waals surface area contributed by atoms with Gasteiger partial charge in [-0.3, -0.25) is 13.9 Å². The molecular formula is C28H31Cl2N3O4S. The van der Waals surface area contributed by atoms with Crippen LogP contribution in [0.25, 0.3) is 0 Å².